The van der Waals surface area contributed by atoms with Crippen LogP contribution in [0.1, 0.15) is 44.5 Å². The fraction of sp³-hybridized carbons (Fsp3) is 0.500. The molecule has 2 N–H and O–H groups in total. The first kappa shape index (κ1) is 14.3. The summed E-state index contributed by atoms with van der Waals surface area (Å²) in [5.41, 5.74) is 9.77. The summed E-state index contributed by atoms with van der Waals surface area (Å²) in [6.45, 7) is 7.61. The van der Waals surface area contributed by atoms with Gasteiger partial charge in [0.2, 0.25) is 0 Å². The molecule has 2 heterocycles. The summed E-state index contributed by atoms with van der Waals surface area (Å²) >= 11 is 0. The van der Waals surface area contributed by atoms with Crippen LogP contribution in [0.2, 0.25) is 0 Å². The normalized spacial score (nSPS) is 21.6. The Bertz CT molecular complexity index is 610. The molecule has 3 rings (SSSR count). The van der Waals surface area contributed by atoms with Gasteiger partial charge in [0.1, 0.15) is 5.82 Å². The molecule has 0 spiro atoms. The third kappa shape index (κ3) is 3.03. The molecule has 2 aromatic rings. The van der Waals surface area contributed by atoms with E-state index in [1.807, 2.05) is 0 Å². The van der Waals surface area contributed by atoms with Gasteiger partial charge in [0.25, 0.3) is 0 Å². The number of fused-ring (bicyclic) bond motifs is 1. The molecular weight excluding hydrogens is 258 g/mol. The first-order valence-electron chi connectivity index (χ1n) is 7.95. The average molecular weight is 283 g/mol. The lowest BCUT2D eigenvalue weighted by Gasteiger charge is -2.25. The number of imidazole rings is 1. The fourth-order valence-corrected chi connectivity index (χ4v) is 3.28. The van der Waals surface area contributed by atoms with Gasteiger partial charge < -0.3 is 10.3 Å². The van der Waals surface area contributed by atoms with E-state index in [2.05, 4.69) is 55.8 Å². The molecule has 0 amide bonds. The molecule has 0 radical (unpaired) electrons. The van der Waals surface area contributed by atoms with Crippen LogP contribution in [0.15, 0.2) is 30.5 Å². The van der Waals surface area contributed by atoms with Crippen LogP contribution >= 0.6 is 0 Å². The highest BCUT2D eigenvalue weighted by atomic mass is 15.1. The van der Waals surface area contributed by atoms with Gasteiger partial charge in [0.15, 0.2) is 0 Å². The topological polar surface area (TPSA) is 43.8 Å². The zero-order valence-corrected chi connectivity index (χ0v) is 13.2. The summed E-state index contributed by atoms with van der Waals surface area (Å²) < 4.78 is 2.23. The van der Waals surface area contributed by atoms with Crippen LogP contribution in [0.3, 0.4) is 0 Å². The van der Waals surface area contributed by atoms with E-state index in [0.29, 0.717) is 11.8 Å². The fourth-order valence-electron chi connectivity index (χ4n) is 3.28. The molecule has 2 atom stereocenters. The highest BCUT2D eigenvalue weighted by molar-refractivity contribution is 5.59. The van der Waals surface area contributed by atoms with Crippen LogP contribution < -0.4 is 5.73 Å². The van der Waals surface area contributed by atoms with E-state index >= 15 is 0 Å². The highest BCUT2D eigenvalue weighted by Gasteiger charge is 2.24. The minimum Gasteiger partial charge on any atom is -0.332 e. The van der Waals surface area contributed by atoms with Crippen LogP contribution in [0, 0.1) is 5.92 Å². The van der Waals surface area contributed by atoms with E-state index in [1.54, 1.807) is 0 Å². The second-order valence-corrected chi connectivity index (χ2v) is 6.83. The predicted molar refractivity (Wildman–Crippen MR) is 87.2 cm³/mol. The maximum absolute atomic E-state index is 6.11. The molecule has 1 aliphatic heterocycles. The largest absolute Gasteiger partial charge is 0.332 e. The Labute approximate surface area is 127 Å². The van der Waals surface area contributed by atoms with Gasteiger partial charge in [-0.25, -0.2) is 4.98 Å². The molecule has 0 saturated heterocycles. The molecule has 0 saturated carbocycles. The number of hydrogen-bond acceptors (Lipinski definition) is 2. The van der Waals surface area contributed by atoms with Crippen molar-refractivity contribution < 1.29 is 0 Å². The lowest BCUT2D eigenvalue weighted by atomic mass is 9.98. The molecule has 0 aliphatic carbocycles. The SMILES string of the molecule is CC(C)Cc1ccc(-c2cn3c(n2)C(C)CC(N)C3)cc1. The van der Waals surface area contributed by atoms with Crippen LogP contribution in [0.4, 0.5) is 0 Å². The van der Waals surface area contributed by atoms with Gasteiger partial charge in [-0.3, -0.25) is 0 Å². The van der Waals surface area contributed by atoms with Crippen molar-refractivity contribution in [1.29, 1.82) is 0 Å². The van der Waals surface area contributed by atoms with Crippen molar-refractivity contribution >= 4 is 0 Å². The maximum Gasteiger partial charge on any atom is 0.112 e. The van der Waals surface area contributed by atoms with E-state index in [4.69, 9.17) is 10.7 Å². The number of benzene rings is 1. The van der Waals surface area contributed by atoms with Crippen molar-refractivity contribution in [2.24, 2.45) is 11.7 Å². The Morgan fingerprint density at radius 1 is 1.29 bits per heavy atom. The highest BCUT2D eigenvalue weighted by Crippen LogP contribution is 2.29. The molecule has 3 heteroatoms. The van der Waals surface area contributed by atoms with Crippen molar-refractivity contribution in [1.82, 2.24) is 9.55 Å². The minimum absolute atomic E-state index is 0.253. The van der Waals surface area contributed by atoms with Gasteiger partial charge in [-0.05, 0) is 24.3 Å². The predicted octanol–water partition coefficient (Wildman–Crippen LogP) is 3.58. The summed E-state index contributed by atoms with van der Waals surface area (Å²) in [5, 5.41) is 0. The lowest BCUT2D eigenvalue weighted by Crippen LogP contribution is -2.33. The van der Waals surface area contributed by atoms with Gasteiger partial charge in [-0.2, -0.15) is 0 Å². The van der Waals surface area contributed by atoms with Gasteiger partial charge in [0.05, 0.1) is 5.69 Å². The Hall–Kier alpha value is -1.61. The van der Waals surface area contributed by atoms with Crippen LogP contribution in [-0.4, -0.2) is 15.6 Å². The number of hydrogen-bond donors (Lipinski definition) is 1. The van der Waals surface area contributed by atoms with E-state index in [9.17, 15) is 0 Å². The summed E-state index contributed by atoms with van der Waals surface area (Å²) in [7, 11) is 0. The van der Waals surface area contributed by atoms with Crippen LogP contribution in [0.5, 0.6) is 0 Å². The molecule has 112 valence electrons. The molecule has 1 aromatic heterocycles. The summed E-state index contributed by atoms with van der Waals surface area (Å²) in [6.07, 6.45) is 4.32. The molecule has 21 heavy (non-hydrogen) atoms. The standard InChI is InChI=1S/C18H25N3/c1-12(2)8-14-4-6-15(7-5-14)17-11-21-10-16(19)9-13(3)18(21)20-17/h4-7,11-13,16H,8-10,19H2,1-3H3. The van der Waals surface area contributed by atoms with E-state index in [-0.39, 0.29) is 6.04 Å². The molecule has 1 aromatic carbocycles. The smallest absolute Gasteiger partial charge is 0.112 e. The van der Waals surface area contributed by atoms with Crippen molar-refractivity contribution in [3.63, 3.8) is 0 Å². The molecular formula is C18H25N3. The van der Waals surface area contributed by atoms with Crippen molar-refractivity contribution in [3.05, 3.63) is 41.9 Å². The first-order valence-corrected chi connectivity index (χ1v) is 7.95. The molecule has 2 unspecified atom stereocenters. The van der Waals surface area contributed by atoms with E-state index < -0.39 is 0 Å². The zero-order valence-electron chi connectivity index (χ0n) is 13.2. The third-order valence-electron chi connectivity index (χ3n) is 4.23. The zero-order chi connectivity index (χ0) is 15.0. The quantitative estimate of drug-likeness (QED) is 0.935. The monoisotopic (exact) mass is 283 g/mol. The molecule has 0 fully saturated rings. The first-order chi connectivity index (χ1) is 10.0. The lowest BCUT2D eigenvalue weighted by molar-refractivity contribution is 0.407. The molecule has 3 nitrogen and oxygen atoms in total. The number of rotatable bonds is 3. The Kier molecular flexibility index (Phi) is 3.85. The second kappa shape index (κ2) is 5.64. The number of aromatic nitrogens is 2. The maximum atomic E-state index is 6.11. The molecule has 0 bridgehead atoms. The Morgan fingerprint density at radius 3 is 2.67 bits per heavy atom. The van der Waals surface area contributed by atoms with Gasteiger partial charge >= 0.3 is 0 Å². The van der Waals surface area contributed by atoms with E-state index in [0.717, 1.165) is 25.1 Å². The Balaban J connectivity index is 1.86. The van der Waals surface area contributed by atoms with Crippen molar-refractivity contribution in [2.75, 3.05) is 0 Å². The minimum atomic E-state index is 0.253. The van der Waals surface area contributed by atoms with Crippen LogP contribution in [-0.2, 0) is 13.0 Å². The summed E-state index contributed by atoms with van der Waals surface area (Å²) in [5.74, 6) is 2.32. The number of nitrogens with zero attached hydrogens (tertiary/aromatic N) is 2. The van der Waals surface area contributed by atoms with Gasteiger partial charge in [0, 0.05) is 30.3 Å². The molecule has 1 aliphatic rings. The summed E-state index contributed by atoms with van der Waals surface area (Å²) in [4.78, 5) is 4.83. The Morgan fingerprint density at radius 2 is 2.00 bits per heavy atom. The summed E-state index contributed by atoms with van der Waals surface area (Å²) in [6, 6.07) is 9.09. The third-order valence-corrected chi connectivity index (χ3v) is 4.23. The second-order valence-electron chi connectivity index (χ2n) is 6.83. The average Bonchev–Trinajstić information content (AvgIpc) is 2.83. The van der Waals surface area contributed by atoms with Crippen molar-refractivity contribution in [3.8, 4) is 11.3 Å². The van der Waals surface area contributed by atoms with Gasteiger partial charge in [-0.1, -0.05) is 45.0 Å². The van der Waals surface area contributed by atoms with E-state index in [1.165, 1.54) is 17.0 Å². The number of nitrogens with two attached hydrogens (primary N) is 1. The van der Waals surface area contributed by atoms with Crippen LogP contribution in [0.25, 0.3) is 11.3 Å². The van der Waals surface area contributed by atoms with Crippen molar-refractivity contribution in [2.45, 2.75) is 52.1 Å². The van der Waals surface area contributed by atoms with Gasteiger partial charge in [-0.15, -0.1) is 0 Å².